The van der Waals surface area contributed by atoms with Crippen LogP contribution < -0.4 is 9.30 Å². The van der Waals surface area contributed by atoms with Gasteiger partial charge in [0.05, 0.1) is 28.1 Å². The van der Waals surface area contributed by atoms with Gasteiger partial charge in [0.2, 0.25) is 0 Å². The van der Waals surface area contributed by atoms with E-state index in [9.17, 15) is 0 Å². The highest BCUT2D eigenvalue weighted by Crippen LogP contribution is 2.47. The minimum absolute atomic E-state index is 0.0559. The second-order valence-electron chi connectivity index (χ2n) is 18.2. The average Bonchev–Trinajstić information content (AvgIpc) is 3.81. The summed E-state index contributed by atoms with van der Waals surface area (Å²) in [6, 6.07) is 41.3. The van der Waals surface area contributed by atoms with E-state index in [-0.39, 0.29) is 10.8 Å². The molecular formula is C53H54N4O. The molecule has 0 aliphatic carbocycles. The van der Waals surface area contributed by atoms with E-state index in [1.807, 2.05) is 12.3 Å². The van der Waals surface area contributed by atoms with Crippen molar-refractivity contribution >= 4 is 21.8 Å². The normalized spacial score (nSPS) is 14.4. The number of hydrogen-bond donors (Lipinski definition) is 0. The third-order valence-corrected chi connectivity index (χ3v) is 13.1. The largest absolute Gasteiger partial charge is 0.458 e. The lowest BCUT2D eigenvalue weighted by Crippen LogP contribution is -2.54. The molecule has 9 rings (SSSR count). The van der Waals surface area contributed by atoms with Gasteiger partial charge in [0.1, 0.15) is 17.3 Å². The van der Waals surface area contributed by atoms with Crippen LogP contribution in [0.1, 0.15) is 115 Å². The number of nitrogens with zero attached hydrogens (tertiary/aromatic N) is 4. The van der Waals surface area contributed by atoms with E-state index in [4.69, 9.17) is 9.72 Å². The lowest BCUT2D eigenvalue weighted by Gasteiger charge is -2.47. The molecule has 0 N–H and O–H groups in total. The zero-order chi connectivity index (χ0) is 40.7. The topological polar surface area (TPSA) is 35.9 Å². The molecule has 4 heterocycles. The number of ether oxygens (including phenoxy) is 1. The van der Waals surface area contributed by atoms with Crippen LogP contribution in [0.5, 0.6) is 11.5 Å². The third kappa shape index (κ3) is 5.97. The van der Waals surface area contributed by atoms with Crippen LogP contribution in [0.25, 0.3) is 50.1 Å². The monoisotopic (exact) mass is 762 g/mol. The Morgan fingerprint density at radius 2 is 1.33 bits per heavy atom. The molecule has 5 aromatic carbocycles. The Hall–Kier alpha value is -5.94. The first-order valence-electron chi connectivity index (χ1n) is 20.9. The van der Waals surface area contributed by atoms with Crippen LogP contribution in [0.15, 0.2) is 128 Å². The van der Waals surface area contributed by atoms with Crippen LogP contribution in [0.3, 0.4) is 0 Å². The molecule has 0 atom stereocenters. The number of pyridine rings is 1. The van der Waals surface area contributed by atoms with Crippen LogP contribution >= 0.6 is 0 Å². The van der Waals surface area contributed by atoms with Gasteiger partial charge in [-0.05, 0) is 111 Å². The smallest absolute Gasteiger partial charge is 0.269 e. The molecule has 0 saturated heterocycles. The Morgan fingerprint density at radius 3 is 2.07 bits per heavy atom. The van der Waals surface area contributed by atoms with Crippen molar-refractivity contribution in [2.75, 3.05) is 0 Å². The molecular weight excluding hydrogens is 709 g/mol. The summed E-state index contributed by atoms with van der Waals surface area (Å²) < 4.78 is 13.3. The first-order valence-corrected chi connectivity index (χ1v) is 20.9. The van der Waals surface area contributed by atoms with Crippen molar-refractivity contribution in [3.8, 4) is 39.8 Å². The number of fused-ring (bicyclic) bond motifs is 6. The first-order chi connectivity index (χ1) is 27.7. The fourth-order valence-corrected chi connectivity index (χ4v) is 9.06. The van der Waals surface area contributed by atoms with Gasteiger partial charge in [0, 0.05) is 34.6 Å². The molecule has 5 heteroatoms. The zero-order valence-electron chi connectivity index (χ0n) is 35.6. The number of aromatic nitrogens is 4. The van der Waals surface area contributed by atoms with Gasteiger partial charge in [-0.1, -0.05) is 124 Å². The lowest BCUT2D eigenvalue weighted by atomic mass is 9.60. The molecule has 0 saturated carbocycles. The maximum absolute atomic E-state index is 6.71. The fraction of sp³-hybridized carbons (Fsp3) is 0.283. The van der Waals surface area contributed by atoms with Crippen LogP contribution in [0, 0.1) is 6.33 Å². The number of hydrogen-bond acceptors (Lipinski definition) is 2. The van der Waals surface area contributed by atoms with Crippen LogP contribution in [0.4, 0.5) is 0 Å². The van der Waals surface area contributed by atoms with Crippen molar-refractivity contribution in [3.63, 3.8) is 0 Å². The summed E-state index contributed by atoms with van der Waals surface area (Å²) in [6.45, 7) is 23.2. The summed E-state index contributed by atoms with van der Waals surface area (Å²) in [4.78, 5) is 5.04. The van der Waals surface area contributed by atoms with Crippen molar-refractivity contribution < 1.29 is 9.30 Å². The Bertz CT molecular complexity index is 2840. The van der Waals surface area contributed by atoms with Crippen LogP contribution in [0.2, 0.25) is 0 Å². The summed E-state index contributed by atoms with van der Waals surface area (Å²) in [5, 5.41) is 2.34. The quantitative estimate of drug-likeness (QED) is 0.114. The van der Waals surface area contributed by atoms with Crippen molar-refractivity contribution in [1.29, 1.82) is 0 Å². The Morgan fingerprint density at radius 1 is 0.638 bits per heavy atom. The van der Waals surface area contributed by atoms with Gasteiger partial charge in [0.25, 0.3) is 6.33 Å². The highest BCUT2D eigenvalue weighted by Gasteiger charge is 2.46. The second-order valence-corrected chi connectivity index (χ2v) is 18.2. The van der Waals surface area contributed by atoms with E-state index in [0.717, 1.165) is 39.4 Å². The van der Waals surface area contributed by atoms with E-state index in [1.165, 1.54) is 50.1 Å². The van der Waals surface area contributed by atoms with E-state index in [0.29, 0.717) is 17.8 Å². The molecule has 0 unspecified atom stereocenters. The minimum Gasteiger partial charge on any atom is -0.458 e. The minimum atomic E-state index is -0.120. The highest BCUT2D eigenvalue weighted by molar-refractivity contribution is 6.09. The summed E-state index contributed by atoms with van der Waals surface area (Å²) >= 11 is 0. The Kier molecular flexibility index (Phi) is 9.00. The molecule has 0 radical (unpaired) electrons. The summed E-state index contributed by atoms with van der Waals surface area (Å²) in [5.74, 6) is 3.63. The van der Waals surface area contributed by atoms with Crippen molar-refractivity contribution in [1.82, 2.24) is 14.1 Å². The molecule has 8 aromatic rings. The SMILES string of the molecule is CC(C)c1cc(C(C)C)c(-c2ccnc(-n3c4ccccc4c4ccc(Oc5cccc(-n6[c-][n+]7c(c6)C(C)(C)C(C)(C)c6ccccc6-7)c5)cc43)c2)c(C(C)C)c1. The van der Waals surface area contributed by atoms with E-state index in [1.54, 1.807) is 0 Å². The van der Waals surface area contributed by atoms with Crippen molar-refractivity contribution in [2.45, 2.75) is 97.8 Å². The van der Waals surface area contributed by atoms with Crippen molar-refractivity contribution in [2.24, 2.45) is 0 Å². The van der Waals surface area contributed by atoms with Gasteiger partial charge in [0.15, 0.2) is 0 Å². The molecule has 1 aliphatic heterocycles. The van der Waals surface area contributed by atoms with E-state index >= 15 is 0 Å². The van der Waals surface area contributed by atoms with Crippen molar-refractivity contribution in [3.05, 3.63) is 162 Å². The zero-order valence-corrected chi connectivity index (χ0v) is 35.6. The molecule has 292 valence electrons. The predicted octanol–water partition coefficient (Wildman–Crippen LogP) is 13.4. The Labute approximate surface area is 343 Å². The van der Waals surface area contributed by atoms with Gasteiger partial charge in [-0.25, -0.2) is 4.98 Å². The molecule has 0 fully saturated rings. The summed E-state index contributed by atoms with van der Waals surface area (Å²) in [7, 11) is 0. The maximum Gasteiger partial charge on any atom is 0.269 e. The first kappa shape index (κ1) is 37.6. The number of benzene rings is 5. The number of para-hydroxylation sites is 2. The summed E-state index contributed by atoms with van der Waals surface area (Å²) in [5.41, 5.74) is 13.4. The van der Waals surface area contributed by atoms with Gasteiger partial charge in [-0.2, -0.15) is 0 Å². The van der Waals surface area contributed by atoms with Gasteiger partial charge in [-0.15, -0.1) is 0 Å². The fourth-order valence-electron chi connectivity index (χ4n) is 9.06. The molecule has 0 spiro atoms. The van der Waals surface area contributed by atoms with Gasteiger partial charge >= 0.3 is 0 Å². The van der Waals surface area contributed by atoms with Gasteiger partial charge in [-0.3, -0.25) is 13.7 Å². The van der Waals surface area contributed by atoms with Crippen LogP contribution in [-0.2, 0) is 10.8 Å². The third-order valence-electron chi connectivity index (χ3n) is 13.1. The number of imidazole rings is 1. The molecule has 0 amide bonds. The number of rotatable bonds is 8. The second kappa shape index (κ2) is 13.9. The molecule has 5 nitrogen and oxygen atoms in total. The van der Waals surface area contributed by atoms with E-state index in [2.05, 4.69) is 205 Å². The molecule has 58 heavy (non-hydrogen) atoms. The standard InChI is InChI=1S/C53H54N4O/c1-33(2)37-26-43(34(3)4)51(44(27-37)35(5)6)36-24-25-54-50(28-36)57-46-20-13-11-18-41(46)42-23-22-40(30-48(42)57)58-39-17-15-16-38(29-39)55-31-49-53(9,10)52(7,8)45-19-12-14-21-47(45)56(49)32-55/h11-31,33-35H,1-10H3. The molecule has 1 aliphatic rings. The average molecular weight is 763 g/mol. The molecule has 3 aromatic heterocycles. The highest BCUT2D eigenvalue weighted by atomic mass is 16.5. The van der Waals surface area contributed by atoms with Crippen LogP contribution in [-0.4, -0.2) is 14.1 Å². The molecule has 0 bridgehead atoms. The lowest BCUT2D eigenvalue weighted by molar-refractivity contribution is -0.617. The predicted molar refractivity (Wildman–Crippen MR) is 239 cm³/mol. The van der Waals surface area contributed by atoms with Gasteiger partial charge < -0.3 is 4.74 Å². The van der Waals surface area contributed by atoms with E-state index < -0.39 is 0 Å². The Balaban J connectivity index is 1.12. The maximum atomic E-state index is 6.71. The summed E-state index contributed by atoms with van der Waals surface area (Å²) in [6.07, 6.45) is 7.87.